The van der Waals surface area contributed by atoms with Crippen LogP contribution in [0.15, 0.2) is 16.7 Å². The molecule has 0 bridgehead atoms. The van der Waals surface area contributed by atoms with E-state index in [9.17, 15) is 4.79 Å². The number of hydrogen-bond donors (Lipinski definition) is 1. The lowest BCUT2D eigenvalue weighted by Crippen LogP contribution is -2.27. The number of carbonyl (C=O) groups is 1. The molecule has 1 aliphatic rings. The first kappa shape index (κ1) is 11.5. The van der Waals surface area contributed by atoms with Crippen molar-refractivity contribution < 1.29 is 4.79 Å². The van der Waals surface area contributed by atoms with Gasteiger partial charge in [-0.15, -0.1) is 0 Å². The molecular formula is C11H14BrN3O. The van der Waals surface area contributed by atoms with Gasteiger partial charge >= 0.3 is 0 Å². The summed E-state index contributed by atoms with van der Waals surface area (Å²) < 4.78 is 0.890. The third kappa shape index (κ3) is 1.97. The Hall–Kier alpha value is -0.940. The molecule has 0 aromatic carbocycles. The second-order valence-electron chi connectivity index (χ2n) is 4.08. The second-order valence-corrected chi connectivity index (χ2v) is 4.87. The Balaban J connectivity index is 2.31. The van der Waals surface area contributed by atoms with E-state index < -0.39 is 0 Å². The topological polar surface area (TPSA) is 59.2 Å². The monoisotopic (exact) mass is 283 g/mol. The van der Waals surface area contributed by atoms with E-state index in [-0.39, 0.29) is 11.8 Å². The molecule has 5 heteroatoms. The van der Waals surface area contributed by atoms with Crippen molar-refractivity contribution in [1.29, 1.82) is 0 Å². The van der Waals surface area contributed by atoms with Gasteiger partial charge in [-0.3, -0.25) is 9.69 Å². The van der Waals surface area contributed by atoms with Crippen molar-refractivity contribution in [3.63, 3.8) is 0 Å². The first-order chi connectivity index (χ1) is 7.63. The average molecular weight is 284 g/mol. The number of amides is 1. The summed E-state index contributed by atoms with van der Waals surface area (Å²) in [6, 6.07) is 1.91. The summed E-state index contributed by atoms with van der Waals surface area (Å²) in [6.45, 7) is 3.20. The third-order valence-electron chi connectivity index (χ3n) is 2.86. The lowest BCUT2D eigenvalue weighted by Gasteiger charge is -2.17. The Morgan fingerprint density at radius 3 is 3.06 bits per heavy atom. The van der Waals surface area contributed by atoms with Gasteiger partial charge in [0.05, 0.1) is 4.47 Å². The lowest BCUT2D eigenvalue weighted by atomic mass is 10.1. The highest BCUT2D eigenvalue weighted by atomic mass is 79.9. The lowest BCUT2D eigenvalue weighted by molar-refractivity contribution is -0.117. The number of carbonyl (C=O) groups excluding carboxylic acids is 1. The maximum Gasteiger partial charge on any atom is 0.228 e. The number of aromatic nitrogens is 1. The van der Waals surface area contributed by atoms with Crippen LogP contribution in [0.4, 0.5) is 5.82 Å². The Labute approximate surface area is 103 Å². The van der Waals surface area contributed by atoms with Gasteiger partial charge in [0, 0.05) is 19.2 Å². The highest BCUT2D eigenvalue weighted by molar-refractivity contribution is 9.10. The van der Waals surface area contributed by atoms with Crippen molar-refractivity contribution in [1.82, 2.24) is 4.98 Å². The first-order valence-electron chi connectivity index (χ1n) is 5.25. The molecule has 86 valence electrons. The highest BCUT2D eigenvalue weighted by Crippen LogP contribution is 2.31. The number of rotatable bonds is 2. The SMILES string of the molecule is Cc1ccnc(N2CC(CN)CC2=O)c1Br. The number of aryl methyl sites for hydroxylation is 1. The van der Waals surface area contributed by atoms with E-state index in [0.29, 0.717) is 25.3 Å². The van der Waals surface area contributed by atoms with E-state index in [1.165, 1.54) is 0 Å². The number of anilines is 1. The molecule has 1 unspecified atom stereocenters. The van der Waals surface area contributed by atoms with Crippen LogP contribution >= 0.6 is 15.9 Å². The van der Waals surface area contributed by atoms with Crippen LogP contribution in [0, 0.1) is 12.8 Å². The Bertz CT molecular complexity index is 422. The molecule has 1 amide bonds. The van der Waals surface area contributed by atoms with Crippen LogP contribution < -0.4 is 10.6 Å². The van der Waals surface area contributed by atoms with Gasteiger partial charge in [0.25, 0.3) is 0 Å². The summed E-state index contributed by atoms with van der Waals surface area (Å²) in [4.78, 5) is 17.8. The van der Waals surface area contributed by atoms with Crippen LogP contribution in [0.1, 0.15) is 12.0 Å². The predicted molar refractivity (Wildman–Crippen MR) is 66.2 cm³/mol. The second kappa shape index (κ2) is 4.51. The third-order valence-corrected chi connectivity index (χ3v) is 3.84. The molecule has 0 aliphatic carbocycles. The fraction of sp³-hybridized carbons (Fsp3) is 0.455. The number of nitrogens with zero attached hydrogens (tertiary/aromatic N) is 2. The minimum Gasteiger partial charge on any atom is -0.330 e. The van der Waals surface area contributed by atoms with Crippen molar-refractivity contribution in [2.45, 2.75) is 13.3 Å². The van der Waals surface area contributed by atoms with Crippen molar-refractivity contribution in [2.24, 2.45) is 11.7 Å². The highest BCUT2D eigenvalue weighted by Gasteiger charge is 2.31. The number of hydrogen-bond acceptors (Lipinski definition) is 3. The molecule has 2 N–H and O–H groups in total. The minimum absolute atomic E-state index is 0.106. The van der Waals surface area contributed by atoms with Crippen LogP contribution in [0.2, 0.25) is 0 Å². The summed E-state index contributed by atoms with van der Waals surface area (Å²) in [5.41, 5.74) is 6.67. The van der Waals surface area contributed by atoms with Crippen molar-refractivity contribution >= 4 is 27.7 Å². The van der Waals surface area contributed by atoms with Gasteiger partial charge in [0.1, 0.15) is 5.82 Å². The van der Waals surface area contributed by atoms with Crippen LogP contribution in [-0.2, 0) is 4.79 Å². The molecule has 4 nitrogen and oxygen atoms in total. The molecule has 1 aromatic rings. The zero-order valence-electron chi connectivity index (χ0n) is 9.11. The van der Waals surface area contributed by atoms with E-state index in [1.54, 1.807) is 11.1 Å². The molecule has 16 heavy (non-hydrogen) atoms. The van der Waals surface area contributed by atoms with Crippen LogP contribution in [-0.4, -0.2) is 24.0 Å². The fourth-order valence-electron chi connectivity index (χ4n) is 1.86. The normalized spacial score (nSPS) is 20.6. The van der Waals surface area contributed by atoms with Gasteiger partial charge in [-0.2, -0.15) is 0 Å². The molecule has 1 aliphatic heterocycles. The Kier molecular flexibility index (Phi) is 3.25. The molecule has 2 heterocycles. The molecule has 2 rings (SSSR count). The standard InChI is InChI=1S/C11H14BrN3O/c1-7-2-3-14-11(10(7)12)15-6-8(5-13)4-9(15)16/h2-3,8H,4-6,13H2,1H3. The molecule has 0 radical (unpaired) electrons. The zero-order chi connectivity index (χ0) is 11.7. The van der Waals surface area contributed by atoms with Gasteiger partial charge in [-0.05, 0) is 46.9 Å². The largest absolute Gasteiger partial charge is 0.330 e. The quantitative estimate of drug-likeness (QED) is 0.894. The molecule has 1 aromatic heterocycles. The molecule has 1 fully saturated rings. The molecule has 1 saturated heterocycles. The number of pyridine rings is 1. The minimum atomic E-state index is 0.106. The molecule has 0 spiro atoms. The summed E-state index contributed by atoms with van der Waals surface area (Å²) in [5, 5.41) is 0. The van der Waals surface area contributed by atoms with E-state index in [4.69, 9.17) is 5.73 Å². The summed E-state index contributed by atoms with van der Waals surface area (Å²) in [6.07, 6.45) is 2.25. The molecule has 1 atom stereocenters. The number of halogens is 1. The van der Waals surface area contributed by atoms with Crippen molar-refractivity contribution in [3.05, 3.63) is 22.3 Å². The maximum atomic E-state index is 11.8. The first-order valence-corrected chi connectivity index (χ1v) is 6.04. The van der Waals surface area contributed by atoms with Crippen LogP contribution in [0.25, 0.3) is 0 Å². The van der Waals surface area contributed by atoms with E-state index in [2.05, 4.69) is 20.9 Å². The van der Waals surface area contributed by atoms with Gasteiger partial charge in [-0.25, -0.2) is 4.98 Å². The molecule has 0 saturated carbocycles. The van der Waals surface area contributed by atoms with E-state index >= 15 is 0 Å². The summed E-state index contributed by atoms with van der Waals surface area (Å²) in [5.74, 6) is 1.07. The van der Waals surface area contributed by atoms with Gasteiger partial charge in [0.15, 0.2) is 0 Å². The zero-order valence-corrected chi connectivity index (χ0v) is 10.7. The summed E-state index contributed by atoms with van der Waals surface area (Å²) >= 11 is 3.47. The van der Waals surface area contributed by atoms with Crippen molar-refractivity contribution in [2.75, 3.05) is 18.0 Å². The van der Waals surface area contributed by atoms with Crippen LogP contribution in [0.5, 0.6) is 0 Å². The average Bonchev–Trinajstić information content (AvgIpc) is 2.64. The smallest absolute Gasteiger partial charge is 0.228 e. The Morgan fingerprint density at radius 2 is 2.44 bits per heavy atom. The van der Waals surface area contributed by atoms with E-state index in [1.807, 2.05) is 13.0 Å². The summed E-state index contributed by atoms with van der Waals surface area (Å²) in [7, 11) is 0. The Morgan fingerprint density at radius 1 is 1.69 bits per heavy atom. The van der Waals surface area contributed by atoms with Gasteiger partial charge in [-0.1, -0.05) is 0 Å². The van der Waals surface area contributed by atoms with E-state index in [0.717, 1.165) is 10.0 Å². The van der Waals surface area contributed by atoms with Crippen molar-refractivity contribution in [3.8, 4) is 0 Å². The fourth-order valence-corrected chi connectivity index (χ4v) is 2.31. The van der Waals surface area contributed by atoms with Crippen LogP contribution in [0.3, 0.4) is 0 Å². The maximum absolute atomic E-state index is 11.8. The van der Waals surface area contributed by atoms with Gasteiger partial charge in [0.2, 0.25) is 5.91 Å². The van der Waals surface area contributed by atoms with Gasteiger partial charge < -0.3 is 5.73 Å². The number of nitrogens with two attached hydrogens (primary N) is 1. The molecular weight excluding hydrogens is 270 g/mol. The predicted octanol–water partition coefficient (Wildman–Crippen LogP) is 1.46.